The minimum Gasteiger partial charge on any atom is -0.508 e. The van der Waals surface area contributed by atoms with E-state index in [1.54, 1.807) is 12.1 Å². The molecule has 0 saturated carbocycles. The molecule has 0 aliphatic heterocycles. The van der Waals surface area contributed by atoms with Gasteiger partial charge in [0.15, 0.2) is 11.0 Å². The SMILES string of the molecule is O=C(Cc1ccc(O)cc1)Nc1nccnc1Cl. The molecule has 2 rings (SSSR count). The van der Waals surface area contributed by atoms with Crippen molar-refractivity contribution in [2.45, 2.75) is 6.42 Å². The van der Waals surface area contributed by atoms with Gasteiger partial charge in [-0.3, -0.25) is 4.79 Å². The fourth-order valence-electron chi connectivity index (χ4n) is 1.38. The highest BCUT2D eigenvalue weighted by Crippen LogP contribution is 2.15. The first-order chi connectivity index (χ1) is 8.65. The molecular formula is C12H10ClN3O2. The minimum absolute atomic E-state index is 0.150. The van der Waals surface area contributed by atoms with Gasteiger partial charge >= 0.3 is 0 Å². The number of carbonyl (C=O) groups is 1. The Labute approximate surface area is 108 Å². The highest BCUT2D eigenvalue weighted by molar-refractivity contribution is 6.32. The molecule has 1 heterocycles. The van der Waals surface area contributed by atoms with Crippen LogP contribution >= 0.6 is 11.6 Å². The highest BCUT2D eigenvalue weighted by atomic mass is 35.5. The van der Waals surface area contributed by atoms with Gasteiger partial charge in [0, 0.05) is 12.4 Å². The first kappa shape index (κ1) is 12.3. The van der Waals surface area contributed by atoms with Crippen LogP contribution in [-0.4, -0.2) is 21.0 Å². The van der Waals surface area contributed by atoms with Crippen molar-refractivity contribution in [3.8, 4) is 5.75 Å². The van der Waals surface area contributed by atoms with Gasteiger partial charge in [0.1, 0.15) is 5.75 Å². The summed E-state index contributed by atoms with van der Waals surface area (Å²) in [5.74, 6) is 0.155. The van der Waals surface area contributed by atoms with Crippen molar-refractivity contribution in [2.24, 2.45) is 0 Å². The number of amides is 1. The number of halogens is 1. The Morgan fingerprint density at radius 3 is 2.56 bits per heavy atom. The van der Waals surface area contributed by atoms with Crippen LogP contribution in [0.1, 0.15) is 5.56 Å². The van der Waals surface area contributed by atoms with E-state index in [4.69, 9.17) is 16.7 Å². The maximum atomic E-state index is 11.7. The van der Waals surface area contributed by atoms with Crippen LogP contribution in [0.3, 0.4) is 0 Å². The molecule has 0 radical (unpaired) electrons. The average molecular weight is 264 g/mol. The fraction of sp³-hybridized carbons (Fsp3) is 0.0833. The van der Waals surface area contributed by atoms with Gasteiger partial charge in [0.25, 0.3) is 0 Å². The van der Waals surface area contributed by atoms with Gasteiger partial charge in [-0.15, -0.1) is 0 Å². The van der Waals surface area contributed by atoms with E-state index in [0.717, 1.165) is 5.56 Å². The summed E-state index contributed by atoms with van der Waals surface area (Å²) in [5.41, 5.74) is 0.783. The Balaban J connectivity index is 2.01. The maximum absolute atomic E-state index is 11.7. The Morgan fingerprint density at radius 2 is 1.89 bits per heavy atom. The van der Waals surface area contributed by atoms with E-state index in [1.807, 2.05) is 0 Å². The van der Waals surface area contributed by atoms with E-state index >= 15 is 0 Å². The van der Waals surface area contributed by atoms with E-state index in [2.05, 4.69) is 15.3 Å². The molecule has 1 aromatic heterocycles. The summed E-state index contributed by atoms with van der Waals surface area (Å²) in [6.07, 6.45) is 3.06. The van der Waals surface area contributed by atoms with Crippen LogP contribution in [0.4, 0.5) is 5.82 Å². The highest BCUT2D eigenvalue weighted by Gasteiger charge is 2.08. The van der Waals surface area contributed by atoms with E-state index in [-0.39, 0.29) is 29.0 Å². The zero-order valence-electron chi connectivity index (χ0n) is 9.30. The molecule has 1 aromatic carbocycles. The number of phenolic OH excluding ortho intramolecular Hbond substituents is 1. The zero-order valence-corrected chi connectivity index (χ0v) is 10.1. The molecule has 0 saturated heterocycles. The molecule has 2 N–H and O–H groups in total. The fourth-order valence-corrected chi connectivity index (χ4v) is 1.53. The summed E-state index contributed by atoms with van der Waals surface area (Å²) in [6, 6.07) is 6.40. The normalized spacial score (nSPS) is 10.1. The van der Waals surface area contributed by atoms with Crippen LogP contribution in [0, 0.1) is 0 Å². The summed E-state index contributed by atoms with van der Waals surface area (Å²) < 4.78 is 0. The van der Waals surface area contributed by atoms with Crippen LogP contribution < -0.4 is 5.32 Å². The molecular weight excluding hydrogens is 254 g/mol. The molecule has 0 aliphatic rings. The lowest BCUT2D eigenvalue weighted by Gasteiger charge is -2.05. The van der Waals surface area contributed by atoms with Gasteiger partial charge in [0.2, 0.25) is 5.91 Å². The second-order valence-electron chi connectivity index (χ2n) is 3.59. The molecule has 5 nitrogen and oxygen atoms in total. The number of aromatic hydroxyl groups is 1. The first-order valence-corrected chi connectivity index (χ1v) is 5.57. The van der Waals surface area contributed by atoms with E-state index in [9.17, 15) is 4.79 Å². The van der Waals surface area contributed by atoms with Crippen molar-refractivity contribution < 1.29 is 9.90 Å². The van der Waals surface area contributed by atoms with Gasteiger partial charge in [-0.05, 0) is 17.7 Å². The number of aromatic nitrogens is 2. The molecule has 2 aromatic rings. The third-order valence-electron chi connectivity index (χ3n) is 2.21. The quantitative estimate of drug-likeness (QED) is 0.888. The number of phenols is 1. The van der Waals surface area contributed by atoms with Crippen LogP contribution in [0.25, 0.3) is 0 Å². The molecule has 0 aliphatic carbocycles. The second kappa shape index (κ2) is 5.46. The smallest absolute Gasteiger partial charge is 0.230 e. The number of benzene rings is 1. The monoisotopic (exact) mass is 263 g/mol. The zero-order chi connectivity index (χ0) is 13.0. The maximum Gasteiger partial charge on any atom is 0.230 e. The van der Waals surface area contributed by atoms with Crippen molar-refractivity contribution in [1.29, 1.82) is 0 Å². The molecule has 0 bridgehead atoms. The molecule has 0 atom stereocenters. The van der Waals surface area contributed by atoms with Crippen molar-refractivity contribution >= 4 is 23.3 Å². The minimum atomic E-state index is -0.247. The lowest BCUT2D eigenvalue weighted by Crippen LogP contribution is -2.15. The number of nitrogens with one attached hydrogen (secondary N) is 1. The molecule has 0 spiro atoms. The Kier molecular flexibility index (Phi) is 3.74. The number of carbonyl (C=O) groups excluding carboxylic acids is 1. The van der Waals surface area contributed by atoms with E-state index in [0.29, 0.717) is 0 Å². The average Bonchev–Trinajstić information content (AvgIpc) is 2.35. The first-order valence-electron chi connectivity index (χ1n) is 5.19. The molecule has 1 amide bonds. The Bertz CT molecular complexity index is 558. The molecule has 6 heteroatoms. The van der Waals surface area contributed by atoms with Gasteiger partial charge in [-0.1, -0.05) is 23.7 Å². The predicted octanol–water partition coefficient (Wildman–Crippen LogP) is 2.02. The van der Waals surface area contributed by atoms with Crippen molar-refractivity contribution in [1.82, 2.24) is 9.97 Å². The van der Waals surface area contributed by atoms with Gasteiger partial charge in [-0.25, -0.2) is 9.97 Å². The van der Waals surface area contributed by atoms with Crippen molar-refractivity contribution in [3.05, 3.63) is 47.4 Å². The Hall–Kier alpha value is -2.14. The summed E-state index contributed by atoms with van der Waals surface area (Å²) >= 11 is 5.77. The van der Waals surface area contributed by atoms with Crippen LogP contribution in [-0.2, 0) is 11.2 Å². The van der Waals surface area contributed by atoms with Gasteiger partial charge < -0.3 is 10.4 Å². The lowest BCUT2D eigenvalue weighted by atomic mass is 10.1. The van der Waals surface area contributed by atoms with E-state index in [1.165, 1.54) is 24.5 Å². The third kappa shape index (κ3) is 3.18. The standard InChI is InChI=1S/C12H10ClN3O2/c13-11-12(15-6-5-14-11)16-10(18)7-8-1-3-9(17)4-2-8/h1-6,17H,7H2,(H,15,16,18). The Morgan fingerprint density at radius 1 is 1.22 bits per heavy atom. The van der Waals surface area contributed by atoms with Gasteiger partial charge in [0.05, 0.1) is 6.42 Å². The summed E-state index contributed by atoms with van der Waals surface area (Å²) in [6.45, 7) is 0. The topological polar surface area (TPSA) is 75.1 Å². The predicted molar refractivity (Wildman–Crippen MR) is 67.5 cm³/mol. The summed E-state index contributed by atoms with van der Waals surface area (Å²) in [5, 5.41) is 11.8. The van der Waals surface area contributed by atoms with Crippen molar-refractivity contribution in [2.75, 3.05) is 5.32 Å². The molecule has 92 valence electrons. The number of nitrogens with zero attached hydrogens (tertiary/aromatic N) is 2. The third-order valence-corrected chi connectivity index (χ3v) is 2.49. The molecule has 0 unspecified atom stereocenters. The van der Waals surface area contributed by atoms with Crippen molar-refractivity contribution in [3.63, 3.8) is 0 Å². The lowest BCUT2D eigenvalue weighted by molar-refractivity contribution is -0.115. The van der Waals surface area contributed by atoms with Crippen LogP contribution in [0.15, 0.2) is 36.7 Å². The van der Waals surface area contributed by atoms with E-state index < -0.39 is 0 Å². The van der Waals surface area contributed by atoms with Gasteiger partial charge in [-0.2, -0.15) is 0 Å². The molecule has 0 fully saturated rings. The second-order valence-corrected chi connectivity index (χ2v) is 3.95. The molecule has 18 heavy (non-hydrogen) atoms. The summed E-state index contributed by atoms with van der Waals surface area (Å²) in [7, 11) is 0. The number of hydrogen-bond acceptors (Lipinski definition) is 4. The number of hydrogen-bond donors (Lipinski definition) is 2. The van der Waals surface area contributed by atoms with Crippen LogP contribution in [0.2, 0.25) is 5.15 Å². The van der Waals surface area contributed by atoms with Crippen LogP contribution in [0.5, 0.6) is 5.75 Å². The summed E-state index contributed by atoms with van der Waals surface area (Å²) in [4.78, 5) is 19.4. The largest absolute Gasteiger partial charge is 0.508 e. The number of rotatable bonds is 3. The number of anilines is 1.